The first-order valence-electron chi connectivity index (χ1n) is 23.4. The van der Waals surface area contributed by atoms with Crippen molar-refractivity contribution >= 4 is 5.91 Å². The molecule has 0 spiro atoms. The molecule has 9 heteroatoms. The maximum Gasteiger partial charge on any atom is 0.220 e. The SMILES string of the molecule is CCCC/C=C\CCCCCCCC(=O)NC(COC1OC(CO)C(O)C(O)C1O)C(O)CCCCCCCCCCCCCCCCCCCCCCC. The molecule has 9 nitrogen and oxygen atoms in total. The van der Waals surface area contributed by atoms with Gasteiger partial charge in [-0.25, -0.2) is 0 Å². The number of hydrogen-bond acceptors (Lipinski definition) is 8. The first-order valence-corrected chi connectivity index (χ1v) is 23.4. The van der Waals surface area contributed by atoms with E-state index in [0.717, 1.165) is 64.2 Å². The summed E-state index contributed by atoms with van der Waals surface area (Å²) in [6, 6.07) is -0.718. The van der Waals surface area contributed by atoms with E-state index < -0.39 is 49.5 Å². The lowest BCUT2D eigenvalue weighted by molar-refractivity contribution is -0.302. The van der Waals surface area contributed by atoms with Crippen LogP contribution in [0, 0.1) is 0 Å². The van der Waals surface area contributed by atoms with Crippen LogP contribution < -0.4 is 5.32 Å². The predicted octanol–water partition coefficient (Wildman–Crippen LogP) is 9.73. The molecule has 0 bridgehead atoms. The number of rotatable bonds is 39. The standard InChI is InChI=1S/C46H89NO8/c1-3-5-7-9-11-13-15-16-17-18-19-20-21-22-23-24-26-27-29-31-33-35-40(49)39(38-54-46-45(53)44(52)43(51)41(37-48)55-46)47-42(50)36-34-32-30-28-25-14-12-10-8-6-4-2/h10,12,39-41,43-46,48-49,51-53H,3-9,11,13-38H2,1-2H3,(H,47,50)/b12-10-. The predicted molar refractivity (Wildman–Crippen MR) is 226 cm³/mol. The Balaban J connectivity index is 2.27. The fourth-order valence-electron chi connectivity index (χ4n) is 7.55. The number of aliphatic hydroxyl groups excluding tert-OH is 5. The third-order valence-corrected chi connectivity index (χ3v) is 11.4. The van der Waals surface area contributed by atoms with Crippen LogP contribution in [0.4, 0.5) is 0 Å². The lowest BCUT2D eigenvalue weighted by atomic mass is 9.99. The molecule has 55 heavy (non-hydrogen) atoms. The zero-order chi connectivity index (χ0) is 40.2. The monoisotopic (exact) mass is 784 g/mol. The van der Waals surface area contributed by atoms with Gasteiger partial charge in [0.2, 0.25) is 5.91 Å². The van der Waals surface area contributed by atoms with Gasteiger partial charge in [-0.1, -0.05) is 193 Å². The Labute approximate surface area is 337 Å². The van der Waals surface area contributed by atoms with Gasteiger partial charge in [0, 0.05) is 6.42 Å². The van der Waals surface area contributed by atoms with Crippen LogP contribution in [-0.4, -0.2) is 87.5 Å². The van der Waals surface area contributed by atoms with E-state index in [1.165, 1.54) is 128 Å². The molecule has 0 aromatic heterocycles. The molecule has 1 rings (SSSR count). The molecule has 0 radical (unpaired) electrons. The molecule has 1 fully saturated rings. The summed E-state index contributed by atoms with van der Waals surface area (Å²) in [6.07, 6.45) is 35.1. The number of aliphatic hydroxyl groups is 5. The molecule has 0 aromatic carbocycles. The van der Waals surface area contributed by atoms with Crippen LogP contribution in [-0.2, 0) is 14.3 Å². The minimum atomic E-state index is -1.55. The Kier molecular flexibility index (Phi) is 35.2. The lowest BCUT2D eigenvalue weighted by Crippen LogP contribution is -2.60. The molecule has 326 valence electrons. The first kappa shape index (κ1) is 51.9. The van der Waals surface area contributed by atoms with Gasteiger partial charge in [0.05, 0.1) is 25.4 Å². The zero-order valence-electron chi connectivity index (χ0n) is 35.7. The third kappa shape index (κ3) is 28.1. The number of ether oxygens (including phenoxy) is 2. The van der Waals surface area contributed by atoms with Gasteiger partial charge < -0.3 is 40.3 Å². The van der Waals surface area contributed by atoms with Gasteiger partial charge >= 0.3 is 0 Å². The minimum Gasteiger partial charge on any atom is -0.394 e. The summed E-state index contributed by atoms with van der Waals surface area (Å²) in [5.41, 5.74) is 0. The Morgan fingerprint density at radius 2 is 1.04 bits per heavy atom. The second kappa shape index (κ2) is 37.2. The molecule has 7 atom stereocenters. The first-order chi connectivity index (χ1) is 26.8. The molecule has 0 saturated carbocycles. The number of carbonyl (C=O) groups excluding carboxylic acids is 1. The van der Waals surface area contributed by atoms with E-state index in [1.54, 1.807) is 0 Å². The number of allylic oxidation sites excluding steroid dienone is 2. The van der Waals surface area contributed by atoms with Gasteiger partial charge in [-0.3, -0.25) is 4.79 Å². The molecular formula is C46H89NO8. The smallest absolute Gasteiger partial charge is 0.220 e. The van der Waals surface area contributed by atoms with Crippen LogP contribution in [0.5, 0.6) is 0 Å². The summed E-state index contributed by atoms with van der Waals surface area (Å²) in [5.74, 6) is -0.154. The minimum absolute atomic E-state index is 0.138. The second-order valence-electron chi connectivity index (χ2n) is 16.6. The molecule has 1 saturated heterocycles. The fraction of sp³-hybridized carbons (Fsp3) is 0.935. The van der Waals surface area contributed by atoms with Gasteiger partial charge in [-0.15, -0.1) is 0 Å². The Bertz CT molecular complexity index is 873. The molecular weight excluding hydrogens is 695 g/mol. The Morgan fingerprint density at radius 3 is 1.53 bits per heavy atom. The topological polar surface area (TPSA) is 149 Å². The maximum absolute atomic E-state index is 12.9. The molecule has 1 aliphatic rings. The van der Waals surface area contributed by atoms with Crippen LogP contribution in [0.15, 0.2) is 12.2 Å². The number of unbranched alkanes of at least 4 members (excludes halogenated alkanes) is 27. The van der Waals surface area contributed by atoms with Crippen LogP contribution in [0.25, 0.3) is 0 Å². The number of carbonyl (C=O) groups is 1. The van der Waals surface area contributed by atoms with E-state index >= 15 is 0 Å². The second-order valence-corrected chi connectivity index (χ2v) is 16.6. The van der Waals surface area contributed by atoms with Crippen molar-refractivity contribution in [2.45, 2.75) is 262 Å². The number of nitrogens with one attached hydrogen (secondary N) is 1. The number of hydrogen-bond donors (Lipinski definition) is 6. The van der Waals surface area contributed by atoms with Gasteiger partial charge in [0.15, 0.2) is 6.29 Å². The van der Waals surface area contributed by atoms with Crippen LogP contribution in [0.2, 0.25) is 0 Å². The fourth-order valence-corrected chi connectivity index (χ4v) is 7.55. The van der Waals surface area contributed by atoms with Crippen LogP contribution >= 0.6 is 0 Å². The van der Waals surface area contributed by atoms with Crippen molar-refractivity contribution in [3.05, 3.63) is 12.2 Å². The van der Waals surface area contributed by atoms with Crippen molar-refractivity contribution in [2.24, 2.45) is 0 Å². The summed E-state index contributed by atoms with van der Waals surface area (Å²) < 4.78 is 11.2. The van der Waals surface area contributed by atoms with Crippen molar-refractivity contribution in [1.29, 1.82) is 0 Å². The van der Waals surface area contributed by atoms with E-state index in [9.17, 15) is 30.3 Å². The highest BCUT2D eigenvalue weighted by Crippen LogP contribution is 2.23. The average Bonchev–Trinajstić information content (AvgIpc) is 3.18. The van der Waals surface area contributed by atoms with Crippen molar-refractivity contribution < 1.29 is 39.8 Å². The van der Waals surface area contributed by atoms with Gasteiger partial charge in [-0.2, -0.15) is 0 Å². The molecule has 0 aromatic rings. The highest BCUT2D eigenvalue weighted by molar-refractivity contribution is 5.76. The Hall–Kier alpha value is -1.07. The normalized spacial score (nSPS) is 21.3. The summed E-state index contributed by atoms with van der Waals surface area (Å²) in [5, 5.41) is 54.3. The highest BCUT2D eigenvalue weighted by Gasteiger charge is 2.44. The summed E-state index contributed by atoms with van der Waals surface area (Å²) in [4.78, 5) is 12.9. The number of amides is 1. The molecule has 1 heterocycles. The largest absolute Gasteiger partial charge is 0.394 e. The summed E-state index contributed by atoms with van der Waals surface area (Å²) >= 11 is 0. The van der Waals surface area contributed by atoms with Gasteiger partial charge in [0.1, 0.15) is 24.4 Å². The summed E-state index contributed by atoms with van der Waals surface area (Å²) in [6.45, 7) is 3.80. The van der Waals surface area contributed by atoms with E-state index in [4.69, 9.17) is 9.47 Å². The summed E-state index contributed by atoms with van der Waals surface area (Å²) in [7, 11) is 0. The van der Waals surface area contributed by atoms with E-state index in [2.05, 4.69) is 31.3 Å². The van der Waals surface area contributed by atoms with Crippen molar-refractivity contribution in [1.82, 2.24) is 5.32 Å². The van der Waals surface area contributed by atoms with Crippen molar-refractivity contribution in [3.8, 4) is 0 Å². The molecule has 1 aliphatic heterocycles. The van der Waals surface area contributed by atoms with Gasteiger partial charge in [-0.05, 0) is 32.1 Å². The molecule has 1 amide bonds. The zero-order valence-corrected chi connectivity index (χ0v) is 35.7. The van der Waals surface area contributed by atoms with Crippen LogP contribution in [0.3, 0.4) is 0 Å². The van der Waals surface area contributed by atoms with Crippen molar-refractivity contribution in [2.75, 3.05) is 13.2 Å². The van der Waals surface area contributed by atoms with E-state index in [0.29, 0.717) is 12.8 Å². The quantitative estimate of drug-likeness (QED) is 0.0267. The van der Waals surface area contributed by atoms with Gasteiger partial charge in [0.25, 0.3) is 0 Å². The molecule has 6 N–H and O–H groups in total. The third-order valence-electron chi connectivity index (χ3n) is 11.4. The van der Waals surface area contributed by atoms with E-state index in [1.807, 2.05) is 0 Å². The highest BCUT2D eigenvalue weighted by atomic mass is 16.7. The Morgan fingerprint density at radius 1 is 0.600 bits per heavy atom. The van der Waals surface area contributed by atoms with Crippen LogP contribution in [0.1, 0.15) is 219 Å². The van der Waals surface area contributed by atoms with Crippen molar-refractivity contribution in [3.63, 3.8) is 0 Å². The maximum atomic E-state index is 12.9. The van der Waals surface area contributed by atoms with E-state index in [-0.39, 0.29) is 12.5 Å². The molecule has 0 aliphatic carbocycles. The molecule has 7 unspecified atom stereocenters. The average molecular weight is 784 g/mol. The lowest BCUT2D eigenvalue weighted by Gasteiger charge is -2.40.